The van der Waals surface area contributed by atoms with Gasteiger partial charge in [-0.25, -0.2) is 4.98 Å². The number of aryl methyl sites for hydroxylation is 2. The van der Waals surface area contributed by atoms with Crippen LogP contribution in [0, 0.1) is 6.92 Å². The smallest absolute Gasteiger partial charge is 0.223 e. The predicted molar refractivity (Wildman–Crippen MR) is 123 cm³/mol. The molecule has 0 saturated carbocycles. The summed E-state index contributed by atoms with van der Waals surface area (Å²) in [6, 6.07) is 15.4. The average molecular weight is 437 g/mol. The maximum Gasteiger partial charge on any atom is 0.223 e. The van der Waals surface area contributed by atoms with Gasteiger partial charge < -0.3 is 15.1 Å². The van der Waals surface area contributed by atoms with Crippen LogP contribution in [0.5, 0.6) is 0 Å². The first-order valence-corrected chi connectivity index (χ1v) is 10.8. The standard InChI is InChI=1S/C23H25ClN6O/c1-17-5-7-20(25-16-17)26-21-8-9-22(28-27-21)29-11-13-30(14-12-29)23(31)10-6-18-3-2-4-19(24)15-18/h2-5,7-9,15-16H,6,10-14H2,1H3,(H,25,26,27). The number of hydrogen-bond donors (Lipinski definition) is 1. The Balaban J connectivity index is 1.26. The van der Waals surface area contributed by atoms with Gasteiger partial charge in [0.15, 0.2) is 11.6 Å². The minimum absolute atomic E-state index is 0.177. The van der Waals surface area contributed by atoms with Crippen molar-refractivity contribution in [3.8, 4) is 0 Å². The molecule has 1 aromatic carbocycles. The molecule has 0 atom stereocenters. The van der Waals surface area contributed by atoms with E-state index in [1.807, 2.05) is 60.4 Å². The van der Waals surface area contributed by atoms with Crippen molar-refractivity contribution in [3.05, 3.63) is 70.9 Å². The van der Waals surface area contributed by atoms with Crippen molar-refractivity contribution >= 4 is 35.0 Å². The van der Waals surface area contributed by atoms with Crippen LogP contribution in [0.4, 0.5) is 17.5 Å². The number of aromatic nitrogens is 3. The lowest BCUT2D eigenvalue weighted by Gasteiger charge is -2.35. The van der Waals surface area contributed by atoms with Crippen molar-refractivity contribution in [1.29, 1.82) is 0 Å². The lowest BCUT2D eigenvalue weighted by molar-refractivity contribution is -0.131. The van der Waals surface area contributed by atoms with E-state index in [0.29, 0.717) is 36.8 Å². The number of rotatable bonds is 6. The van der Waals surface area contributed by atoms with Crippen molar-refractivity contribution in [1.82, 2.24) is 20.1 Å². The highest BCUT2D eigenvalue weighted by Crippen LogP contribution is 2.18. The zero-order chi connectivity index (χ0) is 21.6. The Morgan fingerprint density at radius 2 is 1.84 bits per heavy atom. The average Bonchev–Trinajstić information content (AvgIpc) is 2.80. The Morgan fingerprint density at radius 3 is 2.52 bits per heavy atom. The first-order chi connectivity index (χ1) is 15.1. The van der Waals surface area contributed by atoms with Gasteiger partial charge in [0.2, 0.25) is 5.91 Å². The van der Waals surface area contributed by atoms with E-state index in [9.17, 15) is 4.79 Å². The number of nitrogens with one attached hydrogen (secondary N) is 1. The highest BCUT2D eigenvalue weighted by Gasteiger charge is 2.22. The summed E-state index contributed by atoms with van der Waals surface area (Å²) in [7, 11) is 0. The third-order valence-electron chi connectivity index (χ3n) is 5.29. The molecule has 0 aliphatic carbocycles. The second kappa shape index (κ2) is 9.75. The predicted octanol–water partition coefficient (Wildman–Crippen LogP) is 3.86. The third-order valence-corrected chi connectivity index (χ3v) is 5.53. The molecule has 2 aromatic heterocycles. The largest absolute Gasteiger partial charge is 0.352 e. The normalized spacial score (nSPS) is 13.9. The van der Waals surface area contributed by atoms with Gasteiger partial charge in [-0.3, -0.25) is 4.79 Å². The molecule has 3 aromatic rings. The van der Waals surface area contributed by atoms with Crippen LogP contribution in [0.15, 0.2) is 54.7 Å². The summed E-state index contributed by atoms with van der Waals surface area (Å²) >= 11 is 6.02. The van der Waals surface area contributed by atoms with Gasteiger partial charge in [-0.1, -0.05) is 29.8 Å². The van der Waals surface area contributed by atoms with E-state index in [1.165, 1.54) is 0 Å². The summed E-state index contributed by atoms with van der Waals surface area (Å²) in [5.41, 5.74) is 2.19. The molecule has 7 nitrogen and oxygen atoms in total. The number of piperazine rings is 1. The Labute approximate surface area is 187 Å². The molecule has 0 bridgehead atoms. The number of amides is 1. The second-order valence-electron chi connectivity index (χ2n) is 7.62. The molecule has 31 heavy (non-hydrogen) atoms. The van der Waals surface area contributed by atoms with Crippen LogP contribution in [-0.2, 0) is 11.2 Å². The van der Waals surface area contributed by atoms with Gasteiger partial charge in [-0.2, -0.15) is 0 Å². The van der Waals surface area contributed by atoms with Gasteiger partial charge in [0, 0.05) is 43.8 Å². The van der Waals surface area contributed by atoms with Gasteiger partial charge in [-0.05, 0) is 54.8 Å². The number of anilines is 3. The zero-order valence-electron chi connectivity index (χ0n) is 17.5. The van der Waals surface area contributed by atoms with Crippen molar-refractivity contribution in [3.63, 3.8) is 0 Å². The molecular weight excluding hydrogens is 412 g/mol. The summed E-state index contributed by atoms with van der Waals surface area (Å²) in [6.07, 6.45) is 3.00. The molecule has 1 aliphatic rings. The summed E-state index contributed by atoms with van der Waals surface area (Å²) < 4.78 is 0. The van der Waals surface area contributed by atoms with Crippen LogP contribution in [0.1, 0.15) is 17.5 Å². The quantitative estimate of drug-likeness (QED) is 0.632. The number of carbonyl (C=O) groups excluding carboxylic acids is 1. The minimum Gasteiger partial charge on any atom is -0.352 e. The zero-order valence-corrected chi connectivity index (χ0v) is 18.2. The Bertz CT molecular complexity index is 1020. The van der Waals surface area contributed by atoms with Crippen molar-refractivity contribution in [2.75, 3.05) is 36.4 Å². The van der Waals surface area contributed by atoms with E-state index in [-0.39, 0.29) is 5.91 Å². The molecule has 160 valence electrons. The number of pyridine rings is 1. The summed E-state index contributed by atoms with van der Waals surface area (Å²) in [5, 5.41) is 12.5. The fourth-order valence-corrected chi connectivity index (χ4v) is 3.73. The molecular formula is C23H25ClN6O. The SMILES string of the molecule is Cc1ccc(Nc2ccc(N3CCN(C(=O)CCc4cccc(Cl)c4)CC3)nn2)nc1. The van der Waals surface area contributed by atoms with E-state index < -0.39 is 0 Å². The van der Waals surface area contributed by atoms with Gasteiger partial charge >= 0.3 is 0 Å². The Hall–Kier alpha value is -3.19. The van der Waals surface area contributed by atoms with Crippen LogP contribution in [0.2, 0.25) is 5.02 Å². The van der Waals surface area contributed by atoms with Crippen LogP contribution < -0.4 is 10.2 Å². The molecule has 1 aliphatic heterocycles. The van der Waals surface area contributed by atoms with E-state index in [4.69, 9.17) is 11.6 Å². The molecule has 8 heteroatoms. The fraction of sp³-hybridized carbons (Fsp3) is 0.304. The van der Waals surface area contributed by atoms with E-state index in [0.717, 1.165) is 35.9 Å². The molecule has 1 fully saturated rings. The van der Waals surface area contributed by atoms with Gasteiger partial charge in [0.25, 0.3) is 0 Å². The molecule has 1 N–H and O–H groups in total. The van der Waals surface area contributed by atoms with Crippen molar-refractivity contribution in [2.45, 2.75) is 19.8 Å². The molecule has 0 spiro atoms. The highest BCUT2D eigenvalue weighted by atomic mass is 35.5. The molecule has 1 saturated heterocycles. The summed E-state index contributed by atoms with van der Waals surface area (Å²) in [4.78, 5) is 21.0. The van der Waals surface area contributed by atoms with Gasteiger partial charge in [-0.15, -0.1) is 10.2 Å². The van der Waals surface area contributed by atoms with E-state index in [2.05, 4.69) is 25.4 Å². The highest BCUT2D eigenvalue weighted by molar-refractivity contribution is 6.30. The van der Waals surface area contributed by atoms with Crippen LogP contribution in [-0.4, -0.2) is 52.2 Å². The Morgan fingerprint density at radius 1 is 1.03 bits per heavy atom. The number of hydrogen-bond acceptors (Lipinski definition) is 6. The fourth-order valence-electron chi connectivity index (χ4n) is 3.52. The number of halogens is 1. The second-order valence-corrected chi connectivity index (χ2v) is 8.06. The van der Waals surface area contributed by atoms with Crippen molar-refractivity contribution < 1.29 is 4.79 Å². The van der Waals surface area contributed by atoms with Crippen LogP contribution in [0.25, 0.3) is 0 Å². The number of carbonyl (C=O) groups is 1. The van der Waals surface area contributed by atoms with Gasteiger partial charge in [0.1, 0.15) is 5.82 Å². The Kier molecular flexibility index (Phi) is 6.62. The monoisotopic (exact) mass is 436 g/mol. The van der Waals surface area contributed by atoms with E-state index >= 15 is 0 Å². The van der Waals surface area contributed by atoms with Crippen LogP contribution >= 0.6 is 11.6 Å². The topological polar surface area (TPSA) is 74.2 Å². The maximum absolute atomic E-state index is 12.6. The van der Waals surface area contributed by atoms with Crippen molar-refractivity contribution in [2.24, 2.45) is 0 Å². The molecule has 0 radical (unpaired) electrons. The van der Waals surface area contributed by atoms with E-state index in [1.54, 1.807) is 6.20 Å². The minimum atomic E-state index is 0.177. The summed E-state index contributed by atoms with van der Waals surface area (Å²) in [5.74, 6) is 2.37. The molecule has 4 rings (SSSR count). The molecule has 1 amide bonds. The van der Waals surface area contributed by atoms with Crippen LogP contribution in [0.3, 0.4) is 0 Å². The molecule has 0 unspecified atom stereocenters. The maximum atomic E-state index is 12.6. The molecule has 3 heterocycles. The lowest BCUT2D eigenvalue weighted by Crippen LogP contribution is -2.49. The summed E-state index contributed by atoms with van der Waals surface area (Å²) in [6.45, 7) is 4.85. The first-order valence-electron chi connectivity index (χ1n) is 10.4. The number of benzene rings is 1. The lowest BCUT2D eigenvalue weighted by atomic mass is 10.1. The first kappa shape index (κ1) is 21.1. The number of nitrogens with zero attached hydrogens (tertiary/aromatic N) is 5. The third kappa shape index (κ3) is 5.70. The van der Waals surface area contributed by atoms with Gasteiger partial charge in [0.05, 0.1) is 0 Å².